The molecule has 2 bridgehead atoms. The van der Waals surface area contributed by atoms with Crippen LogP contribution in [0.15, 0.2) is 0 Å². The fourth-order valence-electron chi connectivity index (χ4n) is 3.18. The lowest BCUT2D eigenvalue weighted by molar-refractivity contribution is 0.132. The molecule has 0 amide bonds. The summed E-state index contributed by atoms with van der Waals surface area (Å²) in [6.45, 7) is 2.41. The van der Waals surface area contributed by atoms with E-state index in [0.717, 1.165) is 18.5 Å². The van der Waals surface area contributed by atoms with Gasteiger partial charge in [0, 0.05) is 24.2 Å². The number of nitrogens with one attached hydrogen (secondary N) is 1. The Kier molecular flexibility index (Phi) is 3.65. The maximum atomic E-state index is 9.18. The van der Waals surface area contributed by atoms with Gasteiger partial charge in [0.25, 0.3) is 0 Å². The van der Waals surface area contributed by atoms with E-state index in [0.29, 0.717) is 12.1 Å². The number of aliphatic hydroxyl groups is 1. The van der Waals surface area contributed by atoms with Gasteiger partial charge in [0.1, 0.15) is 0 Å². The smallest absolute Gasteiger partial charge is 0.0584 e. The van der Waals surface area contributed by atoms with E-state index < -0.39 is 0 Å². The first kappa shape index (κ1) is 11.4. The average Bonchev–Trinajstić information content (AvgIpc) is 2.50. The van der Waals surface area contributed by atoms with Crippen LogP contribution in [0, 0.1) is 0 Å². The molecule has 2 saturated heterocycles. The van der Waals surface area contributed by atoms with Crippen molar-refractivity contribution < 1.29 is 5.11 Å². The first-order valence-electron chi connectivity index (χ1n) is 6.33. The highest BCUT2D eigenvalue weighted by molar-refractivity contribution is 4.96. The van der Waals surface area contributed by atoms with Crippen LogP contribution in [0.3, 0.4) is 0 Å². The summed E-state index contributed by atoms with van der Waals surface area (Å²) in [6.07, 6.45) is 6.30. The van der Waals surface area contributed by atoms with Crippen molar-refractivity contribution in [3.05, 3.63) is 0 Å². The average molecular weight is 212 g/mol. The molecule has 3 nitrogen and oxygen atoms in total. The molecule has 0 aromatic carbocycles. The van der Waals surface area contributed by atoms with Gasteiger partial charge in [0.05, 0.1) is 6.61 Å². The van der Waals surface area contributed by atoms with Crippen molar-refractivity contribution >= 4 is 0 Å². The molecular weight excluding hydrogens is 188 g/mol. The Balaban J connectivity index is 1.86. The molecule has 2 aliphatic heterocycles. The second-order valence-electron chi connectivity index (χ2n) is 5.17. The van der Waals surface area contributed by atoms with Crippen molar-refractivity contribution in [2.24, 2.45) is 0 Å². The molecule has 88 valence electrons. The molecule has 0 aliphatic carbocycles. The number of fused-ring (bicyclic) bond motifs is 2. The van der Waals surface area contributed by atoms with Crippen molar-refractivity contribution in [3.8, 4) is 0 Å². The first-order chi connectivity index (χ1) is 7.24. The molecule has 0 spiro atoms. The molecule has 0 saturated carbocycles. The maximum Gasteiger partial charge on any atom is 0.0584 e. The molecule has 2 unspecified atom stereocenters. The predicted octanol–water partition coefficient (Wildman–Crippen LogP) is 0.972. The summed E-state index contributed by atoms with van der Waals surface area (Å²) >= 11 is 0. The minimum Gasteiger partial charge on any atom is -0.395 e. The van der Waals surface area contributed by atoms with E-state index in [-0.39, 0.29) is 6.61 Å². The molecule has 0 aromatic heterocycles. The number of hydrogen-bond donors (Lipinski definition) is 2. The number of aliphatic hydroxyl groups excluding tert-OH is 1. The minimum absolute atomic E-state index is 0.276. The zero-order chi connectivity index (χ0) is 10.8. The molecule has 0 radical (unpaired) electrons. The van der Waals surface area contributed by atoms with Gasteiger partial charge in [-0.15, -0.1) is 0 Å². The normalized spacial score (nSPS) is 38.2. The SMILES string of the molecule is CC[C@H](CO)NC1CC2CCC(C1)N2C. The van der Waals surface area contributed by atoms with Crippen LogP contribution < -0.4 is 5.32 Å². The Morgan fingerprint density at radius 1 is 1.33 bits per heavy atom. The van der Waals surface area contributed by atoms with E-state index in [9.17, 15) is 5.11 Å². The van der Waals surface area contributed by atoms with Crippen LogP contribution in [0.2, 0.25) is 0 Å². The lowest BCUT2D eigenvalue weighted by Gasteiger charge is -2.38. The second-order valence-corrected chi connectivity index (χ2v) is 5.17. The monoisotopic (exact) mass is 212 g/mol. The van der Waals surface area contributed by atoms with Crippen LogP contribution in [0.1, 0.15) is 39.0 Å². The fourth-order valence-corrected chi connectivity index (χ4v) is 3.18. The molecule has 2 N–H and O–H groups in total. The zero-order valence-electron chi connectivity index (χ0n) is 9.95. The molecular formula is C12H24N2O. The van der Waals surface area contributed by atoms with Gasteiger partial charge in [-0.3, -0.25) is 0 Å². The Bertz CT molecular complexity index is 192. The molecule has 0 aromatic rings. The van der Waals surface area contributed by atoms with Gasteiger partial charge in [-0.25, -0.2) is 0 Å². The van der Waals surface area contributed by atoms with Crippen molar-refractivity contribution in [1.29, 1.82) is 0 Å². The van der Waals surface area contributed by atoms with Crippen molar-refractivity contribution in [2.45, 2.75) is 63.2 Å². The van der Waals surface area contributed by atoms with Crippen LogP contribution in [0.4, 0.5) is 0 Å². The van der Waals surface area contributed by atoms with E-state index >= 15 is 0 Å². The molecule has 3 atom stereocenters. The van der Waals surface area contributed by atoms with Gasteiger partial charge >= 0.3 is 0 Å². The molecule has 2 aliphatic rings. The van der Waals surface area contributed by atoms with Gasteiger partial charge in [0.2, 0.25) is 0 Å². The van der Waals surface area contributed by atoms with Crippen LogP contribution in [0.5, 0.6) is 0 Å². The van der Waals surface area contributed by atoms with Crippen molar-refractivity contribution in [3.63, 3.8) is 0 Å². The van der Waals surface area contributed by atoms with Crippen LogP contribution >= 0.6 is 0 Å². The molecule has 2 fully saturated rings. The number of hydrogen-bond acceptors (Lipinski definition) is 3. The highest BCUT2D eigenvalue weighted by Gasteiger charge is 2.38. The van der Waals surface area contributed by atoms with E-state index in [4.69, 9.17) is 0 Å². The zero-order valence-corrected chi connectivity index (χ0v) is 9.95. The third kappa shape index (κ3) is 2.35. The number of nitrogens with zero attached hydrogens (tertiary/aromatic N) is 1. The van der Waals surface area contributed by atoms with Crippen LogP contribution in [0.25, 0.3) is 0 Å². The lowest BCUT2D eigenvalue weighted by atomic mass is 9.97. The summed E-state index contributed by atoms with van der Waals surface area (Å²) < 4.78 is 0. The summed E-state index contributed by atoms with van der Waals surface area (Å²) in [5.41, 5.74) is 0. The lowest BCUT2D eigenvalue weighted by Crippen LogP contribution is -2.50. The largest absolute Gasteiger partial charge is 0.395 e. The maximum absolute atomic E-state index is 9.18. The Labute approximate surface area is 92.8 Å². The van der Waals surface area contributed by atoms with Gasteiger partial charge in [-0.2, -0.15) is 0 Å². The summed E-state index contributed by atoms with van der Waals surface area (Å²) in [4.78, 5) is 2.55. The first-order valence-corrected chi connectivity index (χ1v) is 6.33. The van der Waals surface area contributed by atoms with Crippen molar-refractivity contribution in [2.75, 3.05) is 13.7 Å². The Morgan fingerprint density at radius 2 is 1.93 bits per heavy atom. The third-order valence-corrected chi connectivity index (χ3v) is 4.28. The summed E-state index contributed by atoms with van der Waals surface area (Å²) in [7, 11) is 2.27. The van der Waals surface area contributed by atoms with Gasteiger partial charge < -0.3 is 15.3 Å². The minimum atomic E-state index is 0.276. The van der Waals surface area contributed by atoms with Gasteiger partial charge in [-0.05, 0) is 39.2 Å². The van der Waals surface area contributed by atoms with Gasteiger partial charge in [-0.1, -0.05) is 6.92 Å². The van der Waals surface area contributed by atoms with Gasteiger partial charge in [0.15, 0.2) is 0 Å². The predicted molar refractivity (Wildman–Crippen MR) is 61.9 cm³/mol. The molecule has 2 rings (SSSR count). The molecule has 15 heavy (non-hydrogen) atoms. The van der Waals surface area contributed by atoms with E-state index in [1.165, 1.54) is 25.7 Å². The topological polar surface area (TPSA) is 35.5 Å². The standard InChI is InChI=1S/C12H24N2O/c1-3-9(8-15)13-10-6-11-4-5-12(7-10)14(11)2/h9-13,15H,3-8H2,1-2H3/t9-,10?,11?,12?/m1/s1. The van der Waals surface area contributed by atoms with Crippen LogP contribution in [-0.2, 0) is 0 Å². The Morgan fingerprint density at radius 3 is 2.40 bits per heavy atom. The quantitative estimate of drug-likeness (QED) is 0.729. The molecule has 2 heterocycles. The number of piperidine rings is 1. The fraction of sp³-hybridized carbons (Fsp3) is 1.00. The van der Waals surface area contributed by atoms with E-state index in [2.05, 4.69) is 24.2 Å². The summed E-state index contributed by atoms with van der Waals surface area (Å²) in [6, 6.07) is 2.52. The highest BCUT2D eigenvalue weighted by atomic mass is 16.3. The third-order valence-electron chi connectivity index (χ3n) is 4.28. The highest BCUT2D eigenvalue weighted by Crippen LogP contribution is 2.34. The van der Waals surface area contributed by atoms with Crippen LogP contribution in [-0.4, -0.2) is 47.8 Å². The van der Waals surface area contributed by atoms with Crippen molar-refractivity contribution in [1.82, 2.24) is 10.2 Å². The second kappa shape index (κ2) is 4.81. The number of rotatable bonds is 4. The summed E-state index contributed by atoms with van der Waals surface area (Å²) in [5, 5.41) is 12.8. The van der Waals surface area contributed by atoms with E-state index in [1.807, 2.05) is 0 Å². The Hall–Kier alpha value is -0.120. The molecule has 3 heteroatoms. The summed E-state index contributed by atoms with van der Waals surface area (Å²) in [5.74, 6) is 0. The van der Waals surface area contributed by atoms with E-state index in [1.54, 1.807) is 0 Å².